The zero-order valence-corrected chi connectivity index (χ0v) is 16.1. The van der Waals surface area contributed by atoms with Gasteiger partial charge in [-0.05, 0) is 18.9 Å². The van der Waals surface area contributed by atoms with E-state index in [0.29, 0.717) is 0 Å². The van der Waals surface area contributed by atoms with Crippen LogP contribution in [-0.2, 0) is 14.5 Å². The van der Waals surface area contributed by atoms with Crippen molar-refractivity contribution in [1.82, 2.24) is 0 Å². The molecule has 0 saturated heterocycles. The van der Waals surface area contributed by atoms with E-state index in [-0.39, 0.29) is 5.56 Å². The average Bonchev–Trinajstić information content (AvgIpc) is 2.61. The van der Waals surface area contributed by atoms with E-state index in [4.69, 9.17) is 0 Å². The summed E-state index contributed by atoms with van der Waals surface area (Å²) in [6.07, 6.45) is -5.72. The molecule has 0 saturated carbocycles. The molecule has 0 radical (unpaired) electrons. The van der Waals surface area contributed by atoms with Gasteiger partial charge in [-0.1, -0.05) is 67.6 Å². The number of hydrogen-bond acceptors (Lipinski definition) is 3. The second-order valence-electron chi connectivity index (χ2n) is 6.48. The molecule has 0 aliphatic rings. The highest BCUT2D eigenvalue weighted by Crippen LogP contribution is 2.58. The maximum atomic E-state index is 14.7. The van der Waals surface area contributed by atoms with Gasteiger partial charge in [-0.2, -0.15) is 13.2 Å². The van der Waals surface area contributed by atoms with Crippen molar-refractivity contribution >= 4 is 13.6 Å². The van der Waals surface area contributed by atoms with Crippen molar-refractivity contribution in [2.75, 3.05) is 0 Å². The number of rotatable bonds is 7. The molecule has 0 bridgehead atoms. The summed E-state index contributed by atoms with van der Waals surface area (Å²) in [5.74, 6) is -1.36. The van der Waals surface area contributed by atoms with E-state index in [2.05, 4.69) is 4.52 Å². The van der Waals surface area contributed by atoms with Crippen LogP contribution in [0.1, 0.15) is 36.2 Å². The summed E-state index contributed by atoms with van der Waals surface area (Å²) >= 11 is 0. The lowest BCUT2D eigenvalue weighted by molar-refractivity contribution is -0.219. The number of carbonyl (C=O) groups excluding carboxylic acids is 1. The predicted molar refractivity (Wildman–Crippen MR) is 96.8 cm³/mol. The van der Waals surface area contributed by atoms with Crippen LogP contribution in [-0.4, -0.2) is 27.3 Å². The molecule has 28 heavy (non-hydrogen) atoms. The molecule has 152 valence electrons. The number of alkyl halides is 3. The topological polar surface area (TPSA) is 83.8 Å². The van der Waals surface area contributed by atoms with Crippen LogP contribution in [0.2, 0.25) is 0 Å². The van der Waals surface area contributed by atoms with E-state index in [1.807, 2.05) is 0 Å². The molecule has 0 aliphatic heterocycles. The largest absolute Gasteiger partial charge is 0.470 e. The van der Waals surface area contributed by atoms with Gasteiger partial charge in [0.2, 0.25) is 0 Å². The number of hydrogen-bond donors (Lipinski definition) is 2. The number of halogens is 3. The molecular weight excluding hydrogens is 396 g/mol. The third-order valence-corrected chi connectivity index (χ3v) is 5.44. The molecule has 2 aromatic rings. The zero-order chi connectivity index (χ0) is 21.2. The van der Waals surface area contributed by atoms with Crippen LogP contribution < -0.4 is 0 Å². The van der Waals surface area contributed by atoms with E-state index >= 15 is 0 Å². The van der Waals surface area contributed by atoms with E-state index in [1.54, 1.807) is 6.07 Å². The Balaban J connectivity index is 2.94. The Morgan fingerprint density at radius 3 is 1.86 bits per heavy atom. The molecule has 2 N–H and O–H groups in total. The minimum Gasteiger partial charge on any atom is -0.303 e. The Kier molecular flexibility index (Phi) is 6.21. The highest BCUT2D eigenvalue weighted by Gasteiger charge is 2.71. The molecule has 2 rings (SSSR count). The predicted octanol–water partition coefficient (Wildman–Crippen LogP) is 4.65. The first-order valence-corrected chi connectivity index (χ1v) is 9.90. The van der Waals surface area contributed by atoms with Gasteiger partial charge in [0.15, 0.2) is 11.2 Å². The Hall–Kier alpha value is -1.99. The number of benzene rings is 2. The number of ketones is 1. The van der Waals surface area contributed by atoms with Gasteiger partial charge in [0.25, 0.3) is 0 Å². The van der Waals surface area contributed by atoms with Gasteiger partial charge in [-0.3, -0.25) is 9.32 Å². The lowest BCUT2D eigenvalue weighted by Gasteiger charge is -2.47. The average molecular weight is 416 g/mol. The molecule has 0 fully saturated rings. The van der Waals surface area contributed by atoms with Gasteiger partial charge < -0.3 is 9.79 Å². The van der Waals surface area contributed by atoms with Crippen LogP contribution in [0.15, 0.2) is 60.7 Å². The maximum absolute atomic E-state index is 14.7. The number of phosphoric ester groups is 1. The fourth-order valence-corrected chi connectivity index (χ4v) is 4.21. The first-order chi connectivity index (χ1) is 12.9. The standard InChI is InChI=1S/C19H20F3O5P/c1-3-17(2,27-28(24,25)26)18(19(20,21)22,15-12-8-5-9-13-15)16(23)14-10-6-4-7-11-14/h4-13H,3H2,1-2H3,(H2,24,25,26). The lowest BCUT2D eigenvalue weighted by Crippen LogP contribution is -2.64. The molecule has 2 unspecified atom stereocenters. The summed E-state index contributed by atoms with van der Waals surface area (Å²) in [7, 11) is -5.37. The monoisotopic (exact) mass is 416 g/mol. The van der Waals surface area contributed by atoms with Crippen LogP contribution in [0.25, 0.3) is 0 Å². The fraction of sp³-hybridized carbons (Fsp3) is 0.316. The molecule has 0 amide bonds. The molecule has 0 aliphatic carbocycles. The molecule has 5 nitrogen and oxygen atoms in total. The van der Waals surface area contributed by atoms with Crippen molar-refractivity contribution < 1.29 is 36.8 Å². The summed E-state index contributed by atoms with van der Waals surface area (Å²) in [4.78, 5) is 32.0. The molecule has 2 aromatic carbocycles. The summed E-state index contributed by atoms with van der Waals surface area (Å²) in [5, 5.41) is 0. The fourth-order valence-electron chi connectivity index (χ4n) is 3.42. The minimum absolute atomic E-state index is 0.252. The van der Waals surface area contributed by atoms with E-state index in [0.717, 1.165) is 19.1 Å². The van der Waals surface area contributed by atoms with Gasteiger partial charge >= 0.3 is 14.0 Å². The van der Waals surface area contributed by atoms with Crippen molar-refractivity contribution in [3.8, 4) is 0 Å². The SMILES string of the molecule is CCC(C)(OP(=O)(O)O)C(C(=O)c1ccccc1)(c1ccccc1)C(F)(F)F. The van der Waals surface area contributed by atoms with Crippen molar-refractivity contribution in [3.05, 3.63) is 71.8 Å². The van der Waals surface area contributed by atoms with Crippen molar-refractivity contribution in [3.63, 3.8) is 0 Å². The van der Waals surface area contributed by atoms with Crippen molar-refractivity contribution in [1.29, 1.82) is 0 Å². The second-order valence-corrected chi connectivity index (χ2v) is 7.64. The van der Waals surface area contributed by atoms with Crippen molar-refractivity contribution in [2.45, 2.75) is 37.5 Å². The Bertz CT molecular complexity index is 866. The van der Waals surface area contributed by atoms with E-state index in [9.17, 15) is 32.3 Å². The number of phosphoric acid groups is 1. The molecular formula is C19H20F3O5P. The summed E-state index contributed by atoms with van der Waals surface area (Å²) in [6.45, 7) is 2.17. The Morgan fingerprint density at radius 2 is 1.46 bits per heavy atom. The second kappa shape index (κ2) is 7.79. The maximum Gasteiger partial charge on any atom is 0.470 e. The molecule has 0 heterocycles. The van der Waals surface area contributed by atoms with E-state index < -0.39 is 42.8 Å². The first kappa shape index (κ1) is 22.3. The molecule has 2 atom stereocenters. The normalized spacial score (nSPS) is 16.8. The number of Topliss-reactive ketones (excluding diaryl/α,β-unsaturated/α-hetero) is 1. The smallest absolute Gasteiger partial charge is 0.303 e. The number of carbonyl (C=O) groups is 1. The lowest BCUT2D eigenvalue weighted by atomic mass is 9.62. The van der Waals surface area contributed by atoms with Crippen LogP contribution in [0.4, 0.5) is 13.2 Å². The molecule has 9 heteroatoms. The molecule has 0 spiro atoms. The Labute approximate surface area is 160 Å². The zero-order valence-electron chi connectivity index (χ0n) is 15.2. The van der Waals surface area contributed by atoms with Crippen LogP contribution >= 0.6 is 7.82 Å². The highest BCUT2D eigenvalue weighted by molar-refractivity contribution is 7.46. The van der Waals surface area contributed by atoms with Gasteiger partial charge in [0.05, 0.1) is 0 Å². The van der Waals surface area contributed by atoms with Gasteiger partial charge in [0, 0.05) is 5.56 Å². The minimum atomic E-state index is -5.37. The van der Waals surface area contributed by atoms with E-state index in [1.165, 1.54) is 49.4 Å². The van der Waals surface area contributed by atoms with Gasteiger partial charge in [0.1, 0.15) is 5.60 Å². The third-order valence-electron chi connectivity index (χ3n) is 4.80. The van der Waals surface area contributed by atoms with Crippen LogP contribution in [0, 0.1) is 0 Å². The quantitative estimate of drug-likeness (QED) is 0.507. The highest BCUT2D eigenvalue weighted by atomic mass is 31.2. The summed E-state index contributed by atoms with van der Waals surface area (Å²) in [6, 6.07) is 13.1. The summed E-state index contributed by atoms with van der Waals surface area (Å²) < 4.78 is 60.4. The van der Waals surface area contributed by atoms with Crippen LogP contribution in [0.5, 0.6) is 0 Å². The Morgan fingerprint density at radius 1 is 1.00 bits per heavy atom. The first-order valence-electron chi connectivity index (χ1n) is 8.37. The summed E-state index contributed by atoms with van der Waals surface area (Å²) in [5.41, 5.74) is -6.65. The third kappa shape index (κ3) is 3.91. The van der Waals surface area contributed by atoms with Crippen molar-refractivity contribution in [2.24, 2.45) is 0 Å². The van der Waals surface area contributed by atoms with Gasteiger partial charge in [-0.15, -0.1) is 0 Å². The molecule has 0 aromatic heterocycles. The van der Waals surface area contributed by atoms with Gasteiger partial charge in [-0.25, -0.2) is 4.57 Å². The van der Waals surface area contributed by atoms with Crippen LogP contribution in [0.3, 0.4) is 0 Å².